The third-order valence-electron chi connectivity index (χ3n) is 4.71. The molecule has 3 heterocycles. The van der Waals surface area contributed by atoms with Crippen LogP contribution < -0.4 is 4.74 Å². The molecule has 0 amide bonds. The molecule has 3 aromatic rings. The van der Waals surface area contributed by atoms with Gasteiger partial charge in [-0.2, -0.15) is 4.98 Å². The zero-order chi connectivity index (χ0) is 20.2. The number of ether oxygens (including phenoxy) is 4. The number of methoxy groups -OCH3 is 1. The van der Waals surface area contributed by atoms with Crippen LogP contribution in [0.4, 0.5) is 0 Å². The van der Waals surface area contributed by atoms with Gasteiger partial charge in [0, 0.05) is 65.5 Å². The largest absolute Gasteiger partial charge is 0.609 e. The van der Waals surface area contributed by atoms with Gasteiger partial charge >= 0.3 is 5.16 Å². The molecular formula is C20H23N3NaO5S. The fourth-order valence-corrected chi connectivity index (χ4v) is 4.16. The molecule has 0 spiro atoms. The van der Waals surface area contributed by atoms with Crippen molar-refractivity contribution in [2.45, 2.75) is 24.3 Å². The molecule has 1 aromatic carbocycles. The van der Waals surface area contributed by atoms with Crippen LogP contribution in [0.5, 0.6) is 5.75 Å². The van der Waals surface area contributed by atoms with E-state index in [-0.39, 0.29) is 41.2 Å². The van der Waals surface area contributed by atoms with Crippen molar-refractivity contribution in [3.05, 3.63) is 47.8 Å². The Bertz CT molecular complexity index is 932. The van der Waals surface area contributed by atoms with Crippen LogP contribution in [-0.4, -0.2) is 82.5 Å². The van der Waals surface area contributed by atoms with E-state index in [1.54, 1.807) is 13.3 Å². The van der Waals surface area contributed by atoms with Crippen molar-refractivity contribution in [3.63, 3.8) is 0 Å². The van der Waals surface area contributed by atoms with Crippen LogP contribution in [-0.2, 0) is 31.1 Å². The third kappa shape index (κ3) is 5.54. The van der Waals surface area contributed by atoms with Gasteiger partial charge < -0.3 is 23.5 Å². The SMILES string of the molecule is COC1OCC(COc2ccnc(C[S+]([O-])c3nc4ccccc4[nH]3)c2C)CO1.[Na]. The number of para-hydroxylation sites is 2. The minimum Gasteiger partial charge on any atom is -0.609 e. The van der Waals surface area contributed by atoms with Gasteiger partial charge in [-0.25, -0.2) is 0 Å². The van der Waals surface area contributed by atoms with Crippen molar-refractivity contribution in [1.82, 2.24) is 15.0 Å². The standard InChI is InChI=1S/C20H23N3O5S.Na/c1-13-17(12-29(24)19-22-15-5-3-4-6-16(15)23-19)21-8-7-18(13)26-9-14-10-27-20(25-2)28-11-14;/h3-8,14,20H,9-12H2,1-2H3,(H,22,23);. The Kier molecular flexibility index (Phi) is 8.55. The summed E-state index contributed by atoms with van der Waals surface area (Å²) in [6.45, 7) is 2.78. The molecule has 1 atom stereocenters. The first-order valence-corrected chi connectivity index (χ1v) is 10.6. The van der Waals surface area contributed by atoms with Gasteiger partial charge in [0.15, 0.2) is 5.75 Å². The zero-order valence-corrected chi connectivity index (χ0v) is 20.1. The number of imidazole rings is 1. The molecule has 4 rings (SSSR count). The second-order valence-corrected chi connectivity index (χ2v) is 8.16. The number of aromatic nitrogens is 3. The monoisotopic (exact) mass is 440 g/mol. The topological polar surface area (TPSA) is 102 Å². The van der Waals surface area contributed by atoms with Gasteiger partial charge in [0.2, 0.25) is 0 Å². The van der Waals surface area contributed by atoms with Crippen LogP contribution >= 0.6 is 0 Å². The summed E-state index contributed by atoms with van der Waals surface area (Å²) in [5.74, 6) is 1.08. The normalized spacial score (nSPS) is 20.0. The molecule has 1 saturated heterocycles. The number of pyridine rings is 1. The van der Waals surface area contributed by atoms with Crippen molar-refractivity contribution in [2.75, 3.05) is 26.9 Å². The average molecular weight is 440 g/mol. The molecule has 1 radical (unpaired) electrons. The molecule has 0 bridgehead atoms. The first-order valence-electron chi connectivity index (χ1n) is 9.30. The number of nitrogens with one attached hydrogen (secondary N) is 1. The first-order chi connectivity index (χ1) is 14.1. The predicted molar refractivity (Wildman–Crippen MR) is 113 cm³/mol. The second-order valence-electron chi connectivity index (χ2n) is 6.80. The molecular weight excluding hydrogens is 417 g/mol. The Balaban J connectivity index is 0.00000256. The maximum atomic E-state index is 12.8. The Morgan fingerprint density at radius 1 is 1.23 bits per heavy atom. The van der Waals surface area contributed by atoms with Gasteiger partial charge in [-0.15, -0.1) is 0 Å². The van der Waals surface area contributed by atoms with Crippen molar-refractivity contribution >= 4 is 51.8 Å². The summed E-state index contributed by atoms with van der Waals surface area (Å²) >= 11 is -1.34. The van der Waals surface area contributed by atoms with Crippen LogP contribution in [0.15, 0.2) is 41.7 Å². The molecule has 2 aromatic heterocycles. The fraction of sp³-hybridized carbons (Fsp3) is 0.400. The molecule has 1 N–H and O–H groups in total. The van der Waals surface area contributed by atoms with Crippen LogP contribution in [0.3, 0.4) is 0 Å². The number of nitrogens with zero attached hydrogens (tertiary/aromatic N) is 2. The molecule has 0 saturated carbocycles. The van der Waals surface area contributed by atoms with Crippen molar-refractivity contribution in [2.24, 2.45) is 5.92 Å². The number of fused-ring (bicyclic) bond motifs is 1. The molecule has 30 heavy (non-hydrogen) atoms. The van der Waals surface area contributed by atoms with E-state index in [1.165, 1.54) is 0 Å². The van der Waals surface area contributed by atoms with E-state index in [0.29, 0.717) is 30.7 Å². The van der Waals surface area contributed by atoms with Gasteiger partial charge in [0.05, 0.1) is 36.5 Å². The number of hydrogen-bond acceptors (Lipinski definition) is 7. The smallest absolute Gasteiger partial charge is 0.322 e. The predicted octanol–water partition coefficient (Wildman–Crippen LogP) is 2.17. The van der Waals surface area contributed by atoms with Crippen LogP contribution in [0.1, 0.15) is 11.3 Å². The Morgan fingerprint density at radius 3 is 2.73 bits per heavy atom. The molecule has 1 aliphatic heterocycles. The van der Waals surface area contributed by atoms with E-state index >= 15 is 0 Å². The quantitative estimate of drug-likeness (QED) is 0.444. The first kappa shape index (κ1) is 23.5. The Labute approximate surface area is 200 Å². The van der Waals surface area contributed by atoms with Crippen LogP contribution in [0.2, 0.25) is 0 Å². The molecule has 155 valence electrons. The van der Waals surface area contributed by atoms with Gasteiger partial charge in [-0.05, 0) is 25.1 Å². The summed E-state index contributed by atoms with van der Waals surface area (Å²) in [5.41, 5.74) is 3.25. The van der Waals surface area contributed by atoms with E-state index in [9.17, 15) is 4.55 Å². The summed E-state index contributed by atoms with van der Waals surface area (Å²) in [7, 11) is 1.54. The van der Waals surface area contributed by atoms with Crippen molar-refractivity contribution < 1.29 is 23.5 Å². The van der Waals surface area contributed by atoms with Crippen molar-refractivity contribution in [1.29, 1.82) is 0 Å². The summed E-state index contributed by atoms with van der Waals surface area (Å²) in [4.78, 5) is 11.9. The van der Waals surface area contributed by atoms with Crippen LogP contribution in [0.25, 0.3) is 11.0 Å². The number of aromatic amines is 1. The Hall–Kier alpha value is -1.17. The van der Waals surface area contributed by atoms with Gasteiger partial charge in [0.1, 0.15) is 5.75 Å². The Morgan fingerprint density at radius 2 is 2.00 bits per heavy atom. The van der Waals surface area contributed by atoms with E-state index in [1.807, 2.05) is 37.3 Å². The zero-order valence-electron chi connectivity index (χ0n) is 17.3. The number of benzene rings is 1. The molecule has 10 heteroatoms. The number of rotatable bonds is 7. The van der Waals surface area contributed by atoms with E-state index < -0.39 is 17.7 Å². The number of hydrogen-bond donors (Lipinski definition) is 1. The van der Waals surface area contributed by atoms with Gasteiger partial charge in [-0.1, -0.05) is 12.1 Å². The molecule has 8 nitrogen and oxygen atoms in total. The fourth-order valence-electron chi connectivity index (χ4n) is 3.06. The van der Waals surface area contributed by atoms with Crippen molar-refractivity contribution in [3.8, 4) is 5.75 Å². The van der Waals surface area contributed by atoms with E-state index in [0.717, 1.165) is 22.3 Å². The summed E-state index contributed by atoms with van der Waals surface area (Å²) in [5, 5.41) is 0.447. The van der Waals surface area contributed by atoms with E-state index in [2.05, 4.69) is 15.0 Å². The second kappa shape index (κ2) is 10.9. The third-order valence-corrected chi connectivity index (χ3v) is 5.87. The average Bonchev–Trinajstić information content (AvgIpc) is 3.19. The summed E-state index contributed by atoms with van der Waals surface area (Å²) in [6, 6.07) is 9.43. The maximum absolute atomic E-state index is 12.8. The number of H-pyrrole nitrogens is 1. The van der Waals surface area contributed by atoms with Gasteiger partial charge in [-0.3, -0.25) is 9.97 Å². The van der Waals surface area contributed by atoms with Crippen LogP contribution in [0, 0.1) is 12.8 Å². The molecule has 1 unspecified atom stereocenters. The van der Waals surface area contributed by atoms with Gasteiger partial charge in [0.25, 0.3) is 6.48 Å². The molecule has 0 aliphatic carbocycles. The summed E-state index contributed by atoms with van der Waals surface area (Å²) in [6.07, 6.45) is 1.67. The minimum atomic E-state index is -1.34. The molecule has 1 fully saturated rings. The minimum absolute atomic E-state index is 0. The molecule has 1 aliphatic rings. The van der Waals surface area contributed by atoms with E-state index in [4.69, 9.17) is 18.9 Å². The maximum Gasteiger partial charge on any atom is 0.322 e. The summed E-state index contributed by atoms with van der Waals surface area (Å²) < 4.78 is 34.6.